The molecule has 2 aromatic carbocycles. The van der Waals surface area contributed by atoms with Crippen LogP contribution in [0.2, 0.25) is 0 Å². The van der Waals surface area contributed by atoms with Gasteiger partial charge in [0.2, 0.25) is 11.9 Å². The summed E-state index contributed by atoms with van der Waals surface area (Å²) in [4.78, 5) is 46.2. The number of likely N-dealkylation sites (N-methyl/N-ethyl adjacent to an activating group) is 1. The Balaban J connectivity index is 1.42. The van der Waals surface area contributed by atoms with Gasteiger partial charge in [0.05, 0.1) is 11.0 Å². The van der Waals surface area contributed by atoms with E-state index in [1.54, 1.807) is 7.05 Å². The van der Waals surface area contributed by atoms with E-state index >= 15 is 0 Å². The summed E-state index contributed by atoms with van der Waals surface area (Å²) in [6.07, 6.45) is 4.17. The van der Waals surface area contributed by atoms with Crippen molar-refractivity contribution in [3.05, 3.63) is 54.6 Å². The number of amides is 4. The lowest BCUT2D eigenvalue weighted by Gasteiger charge is -2.35. The van der Waals surface area contributed by atoms with E-state index in [1.807, 2.05) is 59.2 Å². The van der Waals surface area contributed by atoms with Crippen molar-refractivity contribution in [2.24, 2.45) is 0 Å². The number of benzene rings is 2. The molecule has 1 saturated carbocycles. The van der Waals surface area contributed by atoms with Crippen LogP contribution in [0.15, 0.2) is 54.6 Å². The van der Waals surface area contributed by atoms with Crippen LogP contribution in [0.3, 0.4) is 0 Å². The maximum absolute atomic E-state index is 13.2. The van der Waals surface area contributed by atoms with Gasteiger partial charge >= 0.3 is 6.03 Å². The summed E-state index contributed by atoms with van der Waals surface area (Å²) in [5, 5.41) is 2.82. The number of fused-ring (bicyclic) bond motifs is 1. The molecule has 0 radical (unpaired) electrons. The van der Waals surface area contributed by atoms with E-state index in [1.165, 1.54) is 4.90 Å². The minimum atomic E-state index is -0.799. The number of rotatable bonds is 4. The number of aromatic nitrogens is 2. The summed E-state index contributed by atoms with van der Waals surface area (Å²) in [5.41, 5.74) is 1.64. The first-order chi connectivity index (χ1) is 15.5. The second-order valence-electron chi connectivity index (χ2n) is 8.47. The predicted molar refractivity (Wildman–Crippen MR) is 120 cm³/mol. The molecule has 1 spiro atoms. The summed E-state index contributed by atoms with van der Waals surface area (Å²) in [6, 6.07) is 16.8. The SMILES string of the molecule is CN1C(=O)N(CC(=O)Nc2nc3ccccc3n2-c2ccccc2)C(=O)C12CCCCC2. The molecule has 32 heavy (non-hydrogen) atoms. The number of urea groups is 1. The first-order valence-electron chi connectivity index (χ1n) is 10.9. The topological polar surface area (TPSA) is 87.5 Å². The molecule has 2 heterocycles. The largest absolute Gasteiger partial charge is 0.327 e. The van der Waals surface area contributed by atoms with Crippen LogP contribution in [-0.4, -0.2) is 56.3 Å². The highest BCUT2D eigenvalue weighted by molar-refractivity contribution is 6.10. The highest BCUT2D eigenvalue weighted by atomic mass is 16.2. The molecule has 1 aliphatic heterocycles. The summed E-state index contributed by atoms with van der Waals surface area (Å²) < 4.78 is 1.86. The Hall–Kier alpha value is -3.68. The van der Waals surface area contributed by atoms with Crippen LogP contribution in [0.4, 0.5) is 10.7 Å². The van der Waals surface area contributed by atoms with Crippen molar-refractivity contribution in [1.29, 1.82) is 0 Å². The van der Waals surface area contributed by atoms with Crippen LogP contribution >= 0.6 is 0 Å². The lowest BCUT2D eigenvalue weighted by atomic mass is 9.81. The zero-order valence-electron chi connectivity index (χ0n) is 18.0. The Morgan fingerprint density at radius 3 is 2.44 bits per heavy atom. The molecule has 2 fully saturated rings. The number of hydrogen-bond donors (Lipinski definition) is 1. The molecule has 1 aliphatic carbocycles. The van der Waals surface area contributed by atoms with Gasteiger partial charge in [0, 0.05) is 12.7 Å². The second kappa shape index (κ2) is 7.78. The Morgan fingerprint density at radius 1 is 1.00 bits per heavy atom. The van der Waals surface area contributed by atoms with Crippen molar-refractivity contribution in [1.82, 2.24) is 19.4 Å². The lowest BCUT2D eigenvalue weighted by molar-refractivity contribution is -0.136. The summed E-state index contributed by atoms with van der Waals surface area (Å²) >= 11 is 0. The maximum Gasteiger partial charge on any atom is 0.327 e. The predicted octanol–water partition coefficient (Wildman–Crippen LogP) is 3.56. The second-order valence-corrected chi connectivity index (χ2v) is 8.47. The van der Waals surface area contributed by atoms with E-state index in [9.17, 15) is 14.4 Å². The van der Waals surface area contributed by atoms with Gasteiger partial charge in [0.25, 0.3) is 5.91 Å². The van der Waals surface area contributed by atoms with Gasteiger partial charge < -0.3 is 4.90 Å². The molecule has 5 rings (SSSR count). The van der Waals surface area contributed by atoms with Gasteiger partial charge in [-0.25, -0.2) is 9.78 Å². The van der Waals surface area contributed by atoms with E-state index in [4.69, 9.17) is 0 Å². The highest BCUT2D eigenvalue weighted by Gasteiger charge is 2.55. The standard InChI is InChI=1S/C24H25N5O3/c1-27-23(32)28(21(31)24(27)14-8-3-9-15-24)16-20(30)26-22-25-18-12-6-7-13-19(18)29(22)17-10-4-2-5-11-17/h2,4-7,10-13H,3,8-9,14-16H2,1H3,(H,25,26,30). The van der Waals surface area contributed by atoms with Crippen LogP contribution in [-0.2, 0) is 9.59 Å². The number of nitrogens with zero attached hydrogens (tertiary/aromatic N) is 4. The summed E-state index contributed by atoms with van der Waals surface area (Å²) in [5.74, 6) is -0.376. The molecular weight excluding hydrogens is 406 g/mol. The van der Waals surface area contributed by atoms with Crippen molar-refractivity contribution in [3.8, 4) is 5.69 Å². The van der Waals surface area contributed by atoms with Crippen molar-refractivity contribution in [2.75, 3.05) is 18.9 Å². The van der Waals surface area contributed by atoms with Gasteiger partial charge in [-0.3, -0.25) is 24.4 Å². The minimum Gasteiger partial charge on any atom is -0.313 e. The van der Waals surface area contributed by atoms with Crippen molar-refractivity contribution in [2.45, 2.75) is 37.6 Å². The van der Waals surface area contributed by atoms with Crippen LogP contribution in [0, 0.1) is 0 Å². The van der Waals surface area contributed by atoms with Crippen LogP contribution in [0.1, 0.15) is 32.1 Å². The number of imidazole rings is 1. The van der Waals surface area contributed by atoms with Crippen LogP contribution < -0.4 is 5.32 Å². The zero-order chi connectivity index (χ0) is 22.3. The lowest BCUT2D eigenvalue weighted by Crippen LogP contribution is -2.49. The van der Waals surface area contributed by atoms with Gasteiger partial charge in [-0.2, -0.15) is 0 Å². The minimum absolute atomic E-state index is 0.267. The Bertz CT molecular complexity index is 1200. The highest BCUT2D eigenvalue weighted by Crippen LogP contribution is 2.39. The number of nitrogens with one attached hydrogen (secondary N) is 1. The Labute approximate surface area is 185 Å². The monoisotopic (exact) mass is 431 g/mol. The first kappa shape index (κ1) is 20.2. The van der Waals surface area contributed by atoms with Crippen molar-refractivity contribution < 1.29 is 14.4 Å². The third-order valence-corrected chi connectivity index (χ3v) is 6.61. The number of carbonyl (C=O) groups excluding carboxylic acids is 3. The molecule has 1 saturated heterocycles. The van der Waals surface area contributed by atoms with Gasteiger partial charge in [-0.1, -0.05) is 49.6 Å². The zero-order valence-corrected chi connectivity index (χ0v) is 18.0. The van der Waals surface area contributed by atoms with Gasteiger partial charge in [-0.15, -0.1) is 0 Å². The molecule has 1 N–H and O–H groups in total. The van der Waals surface area contributed by atoms with Gasteiger partial charge in [-0.05, 0) is 37.1 Å². The van der Waals surface area contributed by atoms with Crippen molar-refractivity contribution in [3.63, 3.8) is 0 Å². The van der Waals surface area contributed by atoms with E-state index < -0.39 is 17.5 Å². The normalized spacial score (nSPS) is 18.0. The van der Waals surface area contributed by atoms with E-state index in [0.717, 1.165) is 40.9 Å². The fraction of sp³-hybridized carbons (Fsp3) is 0.333. The molecule has 8 heteroatoms. The molecule has 0 bridgehead atoms. The average molecular weight is 431 g/mol. The molecule has 3 aromatic rings. The van der Waals surface area contributed by atoms with Gasteiger partial charge in [0.1, 0.15) is 12.1 Å². The number of carbonyl (C=O) groups is 3. The Morgan fingerprint density at radius 2 is 1.69 bits per heavy atom. The Kier molecular flexibility index (Phi) is 4.92. The fourth-order valence-electron chi connectivity index (χ4n) is 4.93. The number of anilines is 1. The molecule has 0 atom stereocenters. The number of imide groups is 1. The van der Waals surface area contributed by atoms with Crippen LogP contribution in [0.25, 0.3) is 16.7 Å². The number of hydrogen-bond acceptors (Lipinski definition) is 4. The molecule has 1 aromatic heterocycles. The molecule has 2 aliphatic rings. The summed E-state index contributed by atoms with van der Waals surface area (Å²) in [7, 11) is 1.66. The first-order valence-corrected chi connectivity index (χ1v) is 10.9. The average Bonchev–Trinajstić information content (AvgIpc) is 3.26. The van der Waals surface area contributed by atoms with E-state index in [0.29, 0.717) is 18.8 Å². The smallest absolute Gasteiger partial charge is 0.313 e. The van der Waals surface area contributed by atoms with E-state index in [2.05, 4.69) is 10.3 Å². The van der Waals surface area contributed by atoms with Gasteiger partial charge in [0.15, 0.2) is 0 Å². The van der Waals surface area contributed by atoms with E-state index in [-0.39, 0.29) is 12.5 Å². The molecule has 0 unspecified atom stereocenters. The molecule has 8 nitrogen and oxygen atoms in total. The van der Waals surface area contributed by atoms with Crippen molar-refractivity contribution >= 4 is 34.8 Å². The fourth-order valence-corrected chi connectivity index (χ4v) is 4.93. The third kappa shape index (κ3) is 3.14. The number of para-hydroxylation sites is 3. The molecular formula is C24H25N5O3. The summed E-state index contributed by atoms with van der Waals surface area (Å²) in [6.45, 7) is -0.332. The molecule has 4 amide bonds. The molecule has 164 valence electrons. The third-order valence-electron chi connectivity index (χ3n) is 6.61. The quantitative estimate of drug-likeness (QED) is 0.640. The maximum atomic E-state index is 13.2. The van der Waals surface area contributed by atoms with Crippen LogP contribution in [0.5, 0.6) is 0 Å².